The maximum Gasteiger partial charge on any atom is 0.283 e. The lowest BCUT2D eigenvalue weighted by Crippen LogP contribution is -2.35. The van der Waals surface area contributed by atoms with Gasteiger partial charge in [-0.1, -0.05) is 31.5 Å². The first-order valence-electron chi connectivity index (χ1n) is 12.1. The number of nitrogens with zero attached hydrogens (tertiary/aromatic N) is 3. The van der Waals surface area contributed by atoms with Gasteiger partial charge in [0.1, 0.15) is 24.0 Å². The first-order chi connectivity index (χ1) is 17.5. The van der Waals surface area contributed by atoms with Gasteiger partial charge in [-0.2, -0.15) is 15.1 Å². The number of benzene rings is 2. The van der Waals surface area contributed by atoms with Crippen molar-refractivity contribution in [2.24, 2.45) is 10.1 Å². The summed E-state index contributed by atoms with van der Waals surface area (Å²) in [5.74, 6) is 1.51. The zero-order valence-electron chi connectivity index (χ0n) is 20.7. The first kappa shape index (κ1) is 25.5. The van der Waals surface area contributed by atoms with Gasteiger partial charge in [-0.05, 0) is 79.9 Å². The molecular formula is C27H30N4O4S. The first-order valence-corrected chi connectivity index (χ1v) is 12.9. The molecule has 36 heavy (non-hydrogen) atoms. The molecule has 0 aromatic heterocycles. The molecule has 2 heterocycles. The molecule has 2 aromatic rings. The molecule has 0 aliphatic carbocycles. The van der Waals surface area contributed by atoms with E-state index in [9.17, 15) is 4.79 Å². The van der Waals surface area contributed by atoms with Crippen molar-refractivity contribution in [3.63, 3.8) is 0 Å². The number of hydrazone groups is 1. The number of hydrogen-bond acceptors (Lipinski definition) is 7. The number of nitrogens with one attached hydrogen (secondary N) is 1. The van der Waals surface area contributed by atoms with Gasteiger partial charge in [0.2, 0.25) is 5.17 Å². The minimum Gasteiger partial charge on any atom is -0.490 e. The highest BCUT2D eigenvalue weighted by Gasteiger charge is 2.35. The van der Waals surface area contributed by atoms with Gasteiger partial charge < -0.3 is 14.2 Å². The van der Waals surface area contributed by atoms with Crippen LogP contribution in [0.4, 0.5) is 0 Å². The van der Waals surface area contributed by atoms with Crippen LogP contribution in [-0.4, -0.2) is 46.8 Å². The van der Waals surface area contributed by atoms with E-state index in [-0.39, 0.29) is 11.4 Å². The fourth-order valence-corrected chi connectivity index (χ4v) is 4.57. The van der Waals surface area contributed by atoms with Crippen LogP contribution in [0.5, 0.6) is 17.2 Å². The molecule has 4 rings (SSSR count). The highest BCUT2D eigenvalue weighted by molar-refractivity contribution is 8.26. The average Bonchev–Trinajstić information content (AvgIpc) is 3.27. The van der Waals surface area contributed by atoms with E-state index in [1.165, 1.54) is 16.8 Å². The minimum atomic E-state index is -0.447. The zero-order valence-corrected chi connectivity index (χ0v) is 21.6. The van der Waals surface area contributed by atoms with E-state index in [4.69, 9.17) is 19.6 Å². The largest absolute Gasteiger partial charge is 0.490 e. The number of ether oxygens (including phenoxy) is 3. The predicted octanol–water partition coefficient (Wildman–Crippen LogP) is 5.66. The van der Waals surface area contributed by atoms with Gasteiger partial charge in [-0.3, -0.25) is 10.2 Å². The average molecular weight is 507 g/mol. The summed E-state index contributed by atoms with van der Waals surface area (Å²) in [6.45, 7) is 7.22. The van der Waals surface area contributed by atoms with E-state index >= 15 is 0 Å². The third-order valence-corrected chi connectivity index (χ3v) is 6.39. The molecule has 8 nitrogen and oxygen atoms in total. The molecule has 0 atom stereocenters. The number of thioether (sulfide) groups is 1. The minimum absolute atomic E-state index is 0.0237. The Kier molecular flexibility index (Phi) is 8.43. The number of amides is 1. The second-order valence-electron chi connectivity index (χ2n) is 8.27. The Balaban J connectivity index is 1.45. The van der Waals surface area contributed by atoms with E-state index in [1.807, 2.05) is 44.2 Å². The lowest BCUT2D eigenvalue weighted by molar-refractivity contribution is -0.114. The Morgan fingerprint density at radius 3 is 2.67 bits per heavy atom. The molecule has 0 bridgehead atoms. The number of unbranched alkanes of at least 4 members (excludes halogenated alkanes) is 1. The van der Waals surface area contributed by atoms with Gasteiger partial charge in [0.15, 0.2) is 17.3 Å². The summed E-state index contributed by atoms with van der Waals surface area (Å²) < 4.78 is 17.4. The number of amidine groups is 2. The van der Waals surface area contributed by atoms with Crippen LogP contribution in [0.1, 0.15) is 44.2 Å². The van der Waals surface area contributed by atoms with Crippen LogP contribution in [0.3, 0.4) is 0 Å². The maximum absolute atomic E-state index is 12.7. The SMILES string of the molecule is CCCCC1=NN2C(=N)/C(=C\c3ccc(OCCOc4cccc(C)c4)c(OCC)c3)C(=O)N=C2S1. The van der Waals surface area contributed by atoms with Crippen LogP contribution < -0.4 is 14.2 Å². The van der Waals surface area contributed by atoms with Crippen molar-refractivity contribution in [1.29, 1.82) is 5.41 Å². The van der Waals surface area contributed by atoms with E-state index < -0.39 is 5.91 Å². The summed E-state index contributed by atoms with van der Waals surface area (Å²) in [6, 6.07) is 13.3. The van der Waals surface area contributed by atoms with Crippen molar-refractivity contribution in [3.8, 4) is 17.2 Å². The van der Waals surface area contributed by atoms with E-state index in [1.54, 1.807) is 18.2 Å². The van der Waals surface area contributed by atoms with Gasteiger partial charge in [0.05, 0.1) is 12.2 Å². The summed E-state index contributed by atoms with van der Waals surface area (Å²) in [6.07, 6.45) is 4.51. The molecule has 0 radical (unpaired) electrons. The Hall–Kier alpha value is -3.59. The van der Waals surface area contributed by atoms with E-state index in [2.05, 4.69) is 17.0 Å². The molecule has 0 fully saturated rings. The molecular weight excluding hydrogens is 476 g/mol. The molecule has 0 saturated heterocycles. The van der Waals surface area contributed by atoms with Crippen molar-refractivity contribution in [2.75, 3.05) is 19.8 Å². The third kappa shape index (κ3) is 6.15. The zero-order chi connectivity index (χ0) is 25.5. The summed E-state index contributed by atoms with van der Waals surface area (Å²) in [7, 11) is 0. The van der Waals surface area contributed by atoms with Crippen molar-refractivity contribution >= 4 is 39.8 Å². The highest BCUT2D eigenvalue weighted by atomic mass is 32.2. The van der Waals surface area contributed by atoms with Crippen molar-refractivity contribution < 1.29 is 19.0 Å². The molecule has 2 aliphatic rings. The van der Waals surface area contributed by atoms with Crippen LogP contribution in [0.2, 0.25) is 0 Å². The molecule has 1 N–H and O–H groups in total. The lowest BCUT2D eigenvalue weighted by atomic mass is 10.1. The molecule has 2 aromatic carbocycles. The van der Waals surface area contributed by atoms with Gasteiger partial charge in [-0.25, -0.2) is 0 Å². The molecule has 2 aliphatic heterocycles. The Bertz CT molecular complexity index is 1240. The second-order valence-corrected chi connectivity index (χ2v) is 9.31. The fourth-order valence-electron chi connectivity index (χ4n) is 3.65. The quantitative estimate of drug-likeness (QED) is 0.312. The van der Waals surface area contributed by atoms with Crippen molar-refractivity contribution in [2.45, 2.75) is 40.0 Å². The van der Waals surface area contributed by atoms with Crippen LogP contribution in [0, 0.1) is 12.3 Å². The number of aryl methyl sites for hydroxylation is 1. The molecule has 188 valence electrons. The van der Waals surface area contributed by atoms with Gasteiger partial charge in [0, 0.05) is 0 Å². The topological polar surface area (TPSA) is 96.6 Å². The number of carbonyl (C=O) groups excluding carboxylic acids is 1. The molecule has 0 saturated carbocycles. The van der Waals surface area contributed by atoms with Gasteiger partial charge in [-0.15, -0.1) is 0 Å². The number of aliphatic imine (C=N–C) groups is 1. The van der Waals surface area contributed by atoms with Gasteiger partial charge in [0.25, 0.3) is 5.91 Å². The van der Waals surface area contributed by atoms with E-state index in [0.717, 1.165) is 35.6 Å². The molecule has 9 heteroatoms. The van der Waals surface area contributed by atoms with E-state index in [0.29, 0.717) is 42.1 Å². The Morgan fingerprint density at radius 1 is 1.06 bits per heavy atom. The molecule has 0 unspecified atom stereocenters. The lowest BCUT2D eigenvalue weighted by Gasteiger charge is -2.20. The van der Waals surface area contributed by atoms with Crippen LogP contribution in [0.25, 0.3) is 6.08 Å². The number of hydrogen-bond donors (Lipinski definition) is 1. The molecule has 0 spiro atoms. The normalized spacial score (nSPS) is 16.1. The fraction of sp³-hybridized carbons (Fsp3) is 0.333. The Morgan fingerprint density at radius 2 is 1.89 bits per heavy atom. The number of carbonyl (C=O) groups is 1. The van der Waals surface area contributed by atoms with Crippen molar-refractivity contribution in [3.05, 3.63) is 59.2 Å². The third-order valence-electron chi connectivity index (χ3n) is 5.42. The van der Waals surface area contributed by atoms with Crippen LogP contribution in [0.15, 0.2) is 58.1 Å². The smallest absolute Gasteiger partial charge is 0.283 e. The standard InChI is InChI=1S/C27H30N4O4S/c1-4-6-10-24-30-31-25(28)21(26(32)29-27(31)36-24)16-19-11-12-22(23(17-19)33-5-2)35-14-13-34-20-9-7-8-18(3)15-20/h7-9,11-12,15-17,28H,4-6,10,13-14H2,1-3H3/b21-16+,28-25?. The number of rotatable bonds is 11. The maximum atomic E-state index is 12.7. The van der Waals surface area contributed by atoms with Crippen molar-refractivity contribution in [1.82, 2.24) is 5.01 Å². The molecule has 1 amide bonds. The second kappa shape index (κ2) is 11.9. The van der Waals surface area contributed by atoms with Crippen LogP contribution >= 0.6 is 11.8 Å². The highest BCUT2D eigenvalue weighted by Crippen LogP contribution is 2.32. The number of fused-ring (bicyclic) bond motifs is 1. The summed E-state index contributed by atoms with van der Waals surface area (Å²) in [5.41, 5.74) is 2.02. The summed E-state index contributed by atoms with van der Waals surface area (Å²) in [4.78, 5) is 16.9. The van der Waals surface area contributed by atoms with Gasteiger partial charge >= 0.3 is 0 Å². The summed E-state index contributed by atoms with van der Waals surface area (Å²) >= 11 is 1.36. The monoisotopic (exact) mass is 506 g/mol. The predicted molar refractivity (Wildman–Crippen MR) is 144 cm³/mol. The summed E-state index contributed by atoms with van der Waals surface area (Å²) in [5, 5.41) is 15.8. The Labute approximate surface area is 215 Å². The van der Waals surface area contributed by atoms with Crippen LogP contribution in [-0.2, 0) is 4.79 Å².